The lowest BCUT2D eigenvalue weighted by Gasteiger charge is -2.06. The van der Waals surface area contributed by atoms with E-state index in [2.05, 4.69) is 10.4 Å². The second-order valence-electron chi connectivity index (χ2n) is 5.24. The van der Waals surface area contributed by atoms with Crippen molar-refractivity contribution in [2.24, 2.45) is 0 Å². The summed E-state index contributed by atoms with van der Waals surface area (Å²) in [6, 6.07) is 17.8. The first-order valence-electron chi connectivity index (χ1n) is 7.87. The second kappa shape index (κ2) is 7.44. The van der Waals surface area contributed by atoms with Gasteiger partial charge in [0.2, 0.25) is 0 Å². The lowest BCUT2D eigenvalue weighted by atomic mass is 10.2. The van der Waals surface area contributed by atoms with E-state index in [-0.39, 0.29) is 11.6 Å². The Labute approximate surface area is 145 Å². The molecule has 0 unspecified atom stereocenters. The molecule has 1 amide bonds. The van der Waals surface area contributed by atoms with Crippen LogP contribution in [0, 0.1) is 0 Å². The van der Waals surface area contributed by atoms with Gasteiger partial charge in [-0.25, -0.2) is 9.48 Å². The molecular weight excluding hydrogens is 318 g/mol. The van der Waals surface area contributed by atoms with Crippen molar-refractivity contribution in [1.29, 1.82) is 0 Å². The van der Waals surface area contributed by atoms with E-state index in [9.17, 15) is 9.59 Å². The molecule has 0 spiro atoms. The van der Waals surface area contributed by atoms with Gasteiger partial charge < -0.3 is 10.1 Å². The van der Waals surface area contributed by atoms with Gasteiger partial charge in [0.25, 0.3) is 5.91 Å². The molecule has 0 aliphatic rings. The minimum Gasteiger partial charge on any atom is -0.462 e. The Morgan fingerprint density at radius 2 is 1.88 bits per heavy atom. The molecule has 0 atom stereocenters. The molecule has 2 aromatic carbocycles. The maximum absolute atomic E-state index is 12.4. The monoisotopic (exact) mass is 335 g/mol. The number of carbonyl (C=O) groups is 2. The van der Waals surface area contributed by atoms with Gasteiger partial charge >= 0.3 is 5.97 Å². The van der Waals surface area contributed by atoms with Crippen molar-refractivity contribution in [2.45, 2.75) is 6.92 Å². The van der Waals surface area contributed by atoms with Gasteiger partial charge in [-0.1, -0.05) is 24.3 Å². The van der Waals surface area contributed by atoms with Crippen molar-refractivity contribution < 1.29 is 14.3 Å². The zero-order valence-corrected chi connectivity index (χ0v) is 13.7. The van der Waals surface area contributed by atoms with E-state index >= 15 is 0 Å². The number of amides is 1. The molecule has 0 radical (unpaired) electrons. The molecule has 0 aliphatic carbocycles. The number of para-hydroxylation sites is 1. The number of hydrogen-bond acceptors (Lipinski definition) is 4. The number of carbonyl (C=O) groups excluding carboxylic acids is 2. The van der Waals surface area contributed by atoms with Crippen molar-refractivity contribution >= 4 is 17.6 Å². The third-order valence-electron chi connectivity index (χ3n) is 3.47. The molecule has 126 valence electrons. The van der Waals surface area contributed by atoms with E-state index in [0.717, 1.165) is 5.69 Å². The van der Waals surface area contributed by atoms with Crippen LogP contribution < -0.4 is 5.32 Å². The van der Waals surface area contributed by atoms with Crippen LogP contribution in [-0.4, -0.2) is 28.3 Å². The quantitative estimate of drug-likeness (QED) is 0.726. The number of anilines is 1. The second-order valence-corrected chi connectivity index (χ2v) is 5.24. The largest absolute Gasteiger partial charge is 0.462 e. The standard InChI is InChI=1S/C19H17N3O3/c1-2-25-19(24)14-7-6-8-15(13-14)20-18(23)17-11-12-22(21-17)16-9-4-3-5-10-16/h3-13H,2H2,1H3,(H,20,23). The molecule has 0 saturated carbocycles. The van der Waals surface area contributed by atoms with Gasteiger partial charge in [-0.15, -0.1) is 0 Å². The van der Waals surface area contributed by atoms with Crippen molar-refractivity contribution in [3.63, 3.8) is 0 Å². The van der Waals surface area contributed by atoms with Crippen molar-refractivity contribution in [1.82, 2.24) is 9.78 Å². The Morgan fingerprint density at radius 3 is 2.64 bits per heavy atom. The van der Waals surface area contributed by atoms with Crippen molar-refractivity contribution in [3.05, 3.63) is 78.1 Å². The average Bonchev–Trinajstić information content (AvgIpc) is 3.13. The van der Waals surface area contributed by atoms with Gasteiger partial charge in [0, 0.05) is 11.9 Å². The molecule has 1 heterocycles. The van der Waals surface area contributed by atoms with Crippen LogP contribution in [-0.2, 0) is 4.74 Å². The summed E-state index contributed by atoms with van der Waals surface area (Å²) < 4.78 is 6.59. The fourth-order valence-corrected chi connectivity index (χ4v) is 2.30. The number of esters is 1. The zero-order valence-electron chi connectivity index (χ0n) is 13.7. The smallest absolute Gasteiger partial charge is 0.338 e. The molecule has 0 aliphatic heterocycles. The van der Waals surface area contributed by atoms with Gasteiger partial charge in [0.15, 0.2) is 5.69 Å². The van der Waals surface area contributed by atoms with Gasteiger partial charge in [0.05, 0.1) is 17.9 Å². The van der Waals surface area contributed by atoms with Crippen molar-refractivity contribution in [2.75, 3.05) is 11.9 Å². The topological polar surface area (TPSA) is 73.2 Å². The summed E-state index contributed by atoms with van der Waals surface area (Å²) in [6.45, 7) is 2.04. The fourth-order valence-electron chi connectivity index (χ4n) is 2.30. The molecule has 3 aromatic rings. The van der Waals surface area contributed by atoms with E-state index in [1.54, 1.807) is 48.1 Å². The summed E-state index contributed by atoms with van der Waals surface area (Å²) in [7, 11) is 0. The molecule has 25 heavy (non-hydrogen) atoms. The van der Waals surface area contributed by atoms with E-state index in [0.29, 0.717) is 17.9 Å². The van der Waals surface area contributed by atoms with E-state index < -0.39 is 5.97 Å². The number of benzene rings is 2. The van der Waals surface area contributed by atoms with Crippen LogP contribution in [0.15, 0.2) is 66.9 Å². The first-order chi connectivity index (χ1) is 12.2. The predicted octanol–water partition coefficient (Wildman–Crippen LogP) is 3.30. The number of ether oxygens (including phenoxy) is 1. The lowest BCUT2D eigenvalue weighted by molar-refractivity contribution is 0.0526. The normalized spacial score (nSPS) is 10.3. The SMILES string of the molecule is CCOC(=O)c1cccc(NC(=O)c2ccn(-c3ccccc3)n2)c1. The molecule has 6 nitrogen and oxygen atoms in total. The maximum atomic E-state index is 12.4. The first-order valence-corrected chi connectivity index (χ1v) is 7.87. The maximum Gasteiger partial charge on any atom is 0.338 e. The minimum absolute atomic E-state index is 0.283. The van der Waals surface area contributed by atoms with Gasteiger partial charge in [0.1, 0.15) is 0 Å². The van der Waals surface area contributed by atoms with Crippen LogP contribution in [0.25, 0.3) is 5.69 Å². The molecular formula is C19H17N3O3. The number of aromatic nitrogens is 2. The highest BCUT2D eigenvalue weighted by atomic mass is 16.5. The van der Waals surface area contributed by atoms with Crippen molar-refractivity contribution in [3.8, 4) is 5.69 Å². The lowest BCUT2D eigenvalue weighted by Crippen LogP contribution is -2.14. The summed E-state index contributed by atoms with van der Waals surface area (Å²) in [5.41, 5.74) is 2.04. The van der Waals surface area contributed by atoms with E-state index in [1.807, 2.05) is 30.3 Å². The number of nitrogens with zero attached hydrogens (tertiary/aromatic N) is 2. The van der Waals surface area contributed by atoms with Crippen LogP contribution >= 0.6 is 0 Å². The number of nitrogens with one attached hydrogen (secondary N) is 1. The Bertz CT molecular complexity index is 888. The van der Waals surface area contributed by atoms with Crippen LogP contribution in [0.3, 0.4) is 0 Å². The van der Waals surface area contributed by atoms with Crippen LogP contribution in [0.4, 0.5) is 5.69 Å². The molecule has 3 rings (SSSR count). The first kappa shape index (κ1) is 16.4. The molecule has 0 saturated heterocycles. The van der Waals surface area contributed by atoms with E-state index in [1.165, 1.54) is 0 Å². The third-order valence-corrected chi connectivity index (χ3v) is 3.47. The summed E-state index contributed by atoms with van der Waals surface area (Å²) in [6.07, 6.45) is 1.72. The van der Waals surface area contributed by atoms with Crippen LogP contribution in [0.1, 0.15) is 27.8 Å². The predicted molar refractivity (Wildman–Crippen MR) is 93.9 cm³/mol. The Kier molecular flexibility index (Phi) is 4.89. The fraction of sp³-hybridized carbons (Fsp3) is 0.105. The van der Waals surface area contributed by atoms with Gasteiger partial charge in [-0.2, -0.15) is 5.10 Å². The van der Waals surface area contributed by atoms with Crippen LogP contribution in [0.5, 0.6) is 0 Å². The third kappa shape index (κ3) is 3.92. The highest BCUT2D eigenvalue weighted by Gasteiger charge is 2.12. The van der Waals surface area contributed by atoms with Gasteiger partial charge in [-0.05, 0) is 43.3 Å². The Balaban J connectivity index is 1.74. The minimum atomic E-state index is -0.424. The summed E-state index contributed by atoms with van der Waals surface area (Å²) in [5.74, 6) is -0.775. The molecule has 1 N–H and O–H groups in total. The van der Waals surface area contributed by atoms with E-state index in [4.69, 9.17) is 4.74 Å². The number of hydrogen-bond donors (Lipinski definition) is 1. The molecule has 6 heteroatoms. The summed E-state index contributed by atoms with van der Waals surface area (Å²) in [5, 5.41) is 7.01. The Hall–Kier alpha value is -3.41. The number of rotatable bonds is 5. The molecule has 1 aromatic heterocycles. The van der Waals surface area contributed by atoms with Crippen LogP contribution in [0.2, 0.25) is 0 Å². The molecule has 0 bridgehead atoms. The average molecular weight is 335 g/mol. The molecule has 0 fully saturated rings. The summed E-state index contributed by atoms with van der Waals surface area (Å²) >= 11 is 0. The Morgan fingerprint density at radius 1 is 1.08 bits per heavy atom. The highest BCUT2D eigenvalue weighted by molar-refractivity contribution is 6.03. The van der Waals surface area contributed by atoms with Gasteiger partial charge in [-0.3, -0.25) is 4.79 Å². The highest BCUT2D eigenvalue weighted by Crippen LogP contribution is 2.14. The summed E-state index contributed by atoms with van der Waals surface area (Å²) in [4.78, 5) is 24.1. The zero-order chi connectivity index (χ0) is 17.6.